The topological polar surface area (TPSA) is 38.0 Å². The SMILES string of the molecule is C=C(CC)Cn1nc(C)c(CO)c1C. The number of hydrogen-bond acceptors (Lipinski definition) is 2. The van der Waals surface area contributed by atoms with Crippen LogP contribution < -0.4 is 0 Å². The smallest absolute Gasteiger partial charge is 0.0718 e. The Kier molecular flexibility index (Phi) is 3.47. The highest BCUT2D eigenvalue weighted by Gasteiger charge is 2.10. The largest absolute Gasteiger partial charge is 0.392 e. The van der Waals surface area contributed by atoms with Crippen LogP contribution in [0.3, 0.4) is 0 Å². The van der Waals surface area contributed by atoms with Crippen LogP contribution in [0, 0.1) is 13.8 Å². The van der Waals surface area contributed by atoms with E-state index in [-0.39, 0.29) is 6.61 Å². The molecule has 0 saturated heterocycles. The Balaban J connectivity index is 2.93. The number of aryl methyl sites for hydroxylation is 1. The van der Waals surface area contributed by atoms with Gasteiger partial charge in [0.1, 0.15) is 0 Å². The van der Waals surface area contributed by atoms with Crippen molar-refractivity contribution in [2.75, 3.05) is 0 Å². The van der Waals surface area contributed by atoms with E-state index in [2.05, 4.69) is 18.6 Å². The van der Waals surface area contributed by atoms with Crippen molar-refractivity contribution in [3.8, 4) is 0 Å². The minimum absolute atomic E-state index is 0.0657. The second kappa shape index (κ2) is 4.42. The maximum Gasteiger partial charge on any atom is 0.0718 e. The summed E-state index contributed by atoms with van der Waals surface area (Å²) in [5, 5.41) is 13.5. The minimum atomic E-state index is 0.0657. The molecule has 1 aromatic rings. The third-order valence-corrected chi connectivity index (χ3v) is 2.56. The molecule has 0 amide bonds. The molecule has 0 unspecified atom stereocenters. The van der Waals surface area contributed by atoms with E-state index in [9.17, 15) is 0 Å². The van der Waals surface area contributed by atoms with Gasteiger partial charge in [0.2, 0.25) is 0 Å². The lowest BCUT2D eigenvalue weighted by Gasteiger charge is -2.05. The highest BCUT2D eigenvalue weighted by molar-refractivity contribution is 5.23. The highest BCUT2D eigenvalue weighted by atomic mass is 16.3. The second-order valence-electron chi connectivity index (χ2n) is 3.57. The third kappa shape index (κ3) is 2.04. The van der Waals surface area contributed by atoms with Crippen LogP contribution in [0.5, 0.6) is 0 Å². The zero-order valence-corrected chi connectivity index (χ0v) is 9.17. The molecule has 0 aromatic carbocycles. The molecular formula is C11H18N2O. The van der Waals surface area contributed by atoms with Crippen LogP contribution in [0.1, 0.15) is 30.3 Å². The van der Waals surface area contributed by atoms with Gasteiger partial charge in [-0.25, -0.2) is 0 Å². The van der Waals surface area contributed by atoms with E-state index < -0.39 is 0 Å². The van der Waals surface area contributed by atoms with Crippen molar-refractivity contribution in [2.24, 2.45) is 0 Å². The average Bonchev–Trinajstić information content (AvgIpc) is 2.42. The maximum absolute atomic E-state index is 9.13. The van der Waals surface area contributed by atoms with E-state index in [1.807, 2.05) is 18.5 Å². The molecule has 0 aliphatic rings. The van der Waals surface area contributed by atoms with Crippen molar-refractivity contribution in [2.45, 2.75) is 40.3 Å². The van der Waals surface area contributed by atoms with Gasteiger partial charge in [0.25, 0.3) is 0 Å². The Morgan fingerprint density at radius 1 is 1.50 bits per heavy atom. The Bertz CT molecular complexity index is 339. The van der Waals surface area contributed by atoms with Crippen molar-refractivity contribution in [3.05, 3.63) is 29.1 Å². The summed E-state index contributed by atoms with van der Waals surface area (Å²) in [6.45, 7) is 10.8. The summed E-state index contributed by atoms with van der Waals surface area (Å²) in [4.78, 5) is 0. The van der Waals surface area contributed by atoms with Crippen LogP contribution in [-0.4, -0.2) is 14.9 Å². The van der Waals surface area contributed by atoms with Crippen LogP contribution >= 0.6 is 0 Å². The molecule has 0 spiro atoms. The summed E-state index contributed by atoms with van der Waals surface area (Å²) in [6, 6.07) is 0. The van der Waals surface area contributed by atoms with Gasteiger partial charge >= 0.3 is 0 Å². The van der Waals surface area contributed by atoms with Crippen LogP contribution in [0.25, 0.3) is 0 Å². The number of rotatable bonds is 4. The molecule has 0 bridgehead atoms. The first-order valence-corrected chi connectivity index (χ1v) is 4.90. The van der Waals surface area contributed by atoms with E-state index in [0.717, 1.165) is 35.5 Å². The fourth-order valence-electron chi connectivity index (χ4n) is 1.44. The predicted octanol–water partition coefficient (Wildman–Crippen LogP) is 1.96. The normalized spacial score (nSPS) is 10.6. The average molecular weight is 194 g/mol. The molecule has 0 aliphatic heterocycles. The molecular weight excluding hydrogens is 176 g/mol. The van der Waals surface area contributed by atoms with Gasteiger partial charge in [-0.1, -0.05) is 19.1 Å². The lowest BCUT2D eigenvalue weighted by molar-refractivity contribution is 0.280. The Labute approximate surface area is 85.1 Å². The van der Waals surface area contributed by atoms with Gasteiger partial charge < -0.3 is 5.11 Å². The quantitative estimate of drug-likeness (QED) is 0.744. The standard InChI is InChI=1S/C11H18N2O/c1-5-8(2)6-13-10(4)11(7-14)9(3)12-13/h14H,2,5-7H2,1,3-4H3. The maximum atomic E-state index is 9.13. The van der Waals surface area contributed by atoms with Crippen LogP contribution in [0.2, 0.25) is 0 Å². The summed E-state index contributed by atoms with van der Waals surface area (Å²) in [6.07, 6.45) is 0.965. The molecule has 1 heterocycles. The first-order valence-electron chi connectivity index (χ1n) is 4.90. The van der Waals surface area contributed by atoms with Crippen molar-refractivity contribution >= 4 is 0 Å². The number of aromatic nitrogens is 2. The van der Waals surface area contributed by atoms with Crippen molar-refractivity contribution < 1.29 is 5.11 Å². The summed E-state index contributed by atoms with van der Waals surface area (Å²) < 4.78 is 1.91. The molecule has 3 heteroatoms. The molecule has 1 N–H and O–H groups in total. The molecule has 0 radical (unpaired) electrons. The molecule has 14 heavy (non-hydrogen) atoms. The van der Waals surface area contributed by atoms with E-state index >= 15 is 0 Å². The summed E-state index contributed by atoms with van der Waals surface area (Å²) >= 11 is 0. The van der Waals surface area contributed by atoms with Crippen molar-refractivity contribution in [1.82, 2.24) is 9.78 Å². The van der Waals surface area contributed by atoms with Gasteiger partial charge in [-0.3, -0.25) is 4.68 Å². The number of hydrogen-bond donors (Lipinski definition) is 1. The first kappa shape index (κ1) is 11.0. The Hall–Kier alpha value is -1.09. The van der Waals surface area contributed by atoms with Gasteiger partial charge in [-0.2, -0.15) is 5.10 Å². The fraction of sp³-hybridized carbons (Fsp3) is 0.545. The molecule has 1 rings (SSSR count). The zero-order valence-electron chi connectivity index (χ0n) is 9.17. The van der Waals surface area contributed by atoms with Crippen LogP contribution in [0.15, 0.2) is 12.2 Å². The van der Waals surface area contributed by atoms with E-state index in [1.165, 1.54) is 0 Å². The van der Waals surface area contributed by atoms with Gasteiger partial charge in [0, 0.05) is 11.3 Å². The molecule has 0 fully saturated rings. The second-order valence-corrected chi connectivity index (χ2v) is 3.57. The lowest BCUT2D eigenvalue weighted by atomic mass is 10.2. The van der Waals surface area contributed by atoms with Gasteiger partial charge in [0.05, 0.1) is 18.8 Å². The van der Waals surface area contributed by atoms with E-state index in [1.54, 1.807) is 0 Å². The van der Waals surface area contributed by atoms with Gasteiger partial charge in [-0.05, 0) is 20.3 Å². The lowest BCUT2D eigenvalue weighted by Crippen LogP contribution is -2.04. The molecule has 0 saturated carbocycles. The van der Waals surface area contributed by atoms with Crippen molar-refractivity contribution in [3.63, 3.8) is 0 Å². The number of allylic oxidation sites excluding steroid dienone is 1. The Morgan fingerprint density at radius 2 is 2.14 bits per heavy atom. The van der Waals surface area contributed by atoms with E-state index in [0.29, 0.717) is 0 Å². The predicted molar refractivity (Wildman–Crippen MR) is 57.1 cm³/mol. The highest BCUT2D eigenvalue weighted by Crippen LogP contribution is 2.14. The molecule has 0 aliphatic carbocycles. The van der Waals surface area contributed by atoms with Gasteiger partial charge in [-0.15, -0.1) is 0 Å². The van der Waals surface area contributed by atoms with Gasteiger partial charge in [0.15, 0.2) is 0 Å². The third-order valence-electron chi connectivity index (χ3n) is 2.56. The number of aliphatic hydroxyl groups excluding tert-OH is 1. The molecule has 3 nitrogen and oxygen atoms in total. The monoisotopic (exact) mass is 194 g/mol. The zero-order chi connectivity index (χ0) is 10.7. The van der Waals surface area contributed by atoms with Crippen LogP contribution in [0.4, 0.5) is 0 Å². The molecule has 1 aromatic heterocycles. The summed E-state index contributed by atoms with van der Waals surface area (Å²) in [7, 11) is 0. The fourth-order valence-corrected chi connectivity index (χ4v) is 1.44. The molecule has 0 atom stereocenters. The van der Waals surface area contributed by atoms with E-state index in [4.69, 9.17) is 5.11 Å². The first-order chi connectivity index (χ1) is 6.60. The van der Waals surface area contributed by atoms with Crippen molar-refractivity contribution in [1.29, 1.82) is 0 Å². The Morgan fingerprint density at radius 3 is 2.57 bits per heavy atom. The van der Waals surface area contributed by atoms with Crippen LogP contribution in [-0.2, 0) is 13.2 Å². The number of nitrogens with zero attached hydrogens (tertiary/aromatic N) is 2. The molecule has 78 valence electrons. The minimum Gasteiger partial charge on any atom is -0.392 e. The summed E-state index contributed by atoms with van der Waals surface area (Å²) in [5.41, 5.74) is 4.04. The summed E-state index contributed by atoms with van der Waals surface area (Å²) in [5.74, 6) is 0. The number of aliphatic hydroxyl groups is 1.